The van der Waals surface area contributed by atoms with Crippen LogP contribution in [0.5, 0.6) is 0 Å². The van der Waals surface area contributed by atoms with Gasteiger partial charge in [-0.25, -0.2) is 4.79 Å². The van der Waals surface area contributed by atoms with E-state index in [2.05, 4.69) is 10.6 Å². The van der Waals surface area contributed by atoms with Crippen molar-refractivity contribution in [2.75, 3.05) is 0 Å². The lowest BCUT2D eigenvalue weighted by Crippen LogP contribution is -2.54. The smallest absolute Gasteiger partial charge is 0.326 e. The first-order valence-corrected chi connectivity index (χ1v) is 9.16. The molecule has 0 aliphatic heterocycles. The molecular weight excluding hydrogens is 398 g/mol. The molecule has 164 valence electrons. The van der Waals surface area contributed by atoms with Crippen LogP contribution in [-0.2, 0) is 30.4 Å². The molecule has 0 fully saturated rings. The van der Waals surface area contributed by atoms with Crippen LogP contribution in [0.1, 0.15) is 31.2 Å². The van der Waals surface area contributed by atoms with E-state index >= 15 is 0 Å². The first-order chi connectivity index (χ1) is 14.1. The van der Waals surface area contributed by atoms with Gasteiger partial charge in [0.2, 0.25) is 11.8 Å². The van der Waals surface area contributed by atoms with Gasteiger partial charge >= 0.3 is 17.9 Å². The fraction of sp³-hybridized carbons (Fsp3) is 0.421. The Labute approximate surface area is 172 Å². The van der Waals surface area contributed by atoms with Crippen molar-refractivity contribution in [3.8, 4) is 0 Å². The highest BCUT2D eigenvalue weighted by Crippen LogP contribution is 2.05. The molecule has 0 aliphatic rings. The number of hydrogen-bond donors (Lipinski definition) is 6. The molecule has 1 aromatic carbocycles. The van der Waals surface area contributed by atoms with Crippen molar-refractivity contribution in [2.45, 2.75) is 50.2 Å². The summed E-state index contributed by atoms with van der Waals surface area (Å²) in [7, 11) is 0. The molecule has 11 nitrogen and oxygen atoms in total. The summed E-state index contributed by atoms with van der Waals surface area (Å²) < 4.78 is 0. The van der Waals surface area contributed by atoms with Crippen molar-refractivity contribution >= 4 is 29.7 Å². The highest BCUT2D eigenvalue weighted by atomic mass is 16.4. The number of amides is 2. The normalized spacial score (nSPS) is 13.5. The number of rotatable bonds is 13. The average Bonchev–Trinajstić information content (AvgIpc) is 2.68. The Bertz CT molecular complexity index is 768. The number of carboxylic acid groups (broad SMARTS) is 3. The molecule has 0 aromatic heterocycles. The van der Waals surface area contributed by atoms with E-state index in [1.54, 1.807) is 30.3 Å². The summed E-state index contributed by atoms with van der Waals surface area (Å²) in [6, 6.07) is 5.00. The summed E-state index contributed by atoms with van der Waals surface area (Å²) in [5, 5.41) is 31.2. The van der Waals surface area contributed by atoms with Gasteiger partial charge < -0.3 is 31.7 Å². The van der Waals surface area contributed by atoms with Crippen LogP contribution in [0.4, 0.5) is 0 Å². The predicted molar refractivity (Wildman–Crippen MR) is 103 cm³/mol. The lowest BCUT2D eigenvalue weighted by atomic mass is 10.0. The molecule has 3 atom stereocenters. The summed E-state index contributed by atoms with van der Waals surface area (Å²) in [5.41, 5.74) is 6.65. The van der Waals surface area contributed by atoms with Crippen LogP contribution in [0.15, 0.2) is 30.3 Å². The van der Waals surface area contributed by atoms with Crippen molar-refractivity contribution in [2.24, 2.45) is 5.73 Å². The maximum absolute atomic E-state index is 12.5. The number of hydrogen-bond acceptors (Lipinski definition) is 6. The van der Waals surface area contributed by atoms with Gasteiger partial charge in [-0.3, -0.25) is 19.2 Å². The third-order valence-corrected chi connectivity index (χ3v) is 4.18. The van der Waals surface area contributed by atoms with E-state index < -0.39 is 60.7 Å². The third-order valence-electron chi connectivity index (χ3n) is 4.18. The van der Waals surface area contributed by atoms with Crippen molar-refractivity contribution in [1.82, 2.24) is 10.6 Å². The molecule has 0 heterocycles. The van der Waals surface area contributed by atoms with Gasteiger partial charge in [0.05, 0.1) is 6.04 Å². The van der Waals surface area contributed by atoms with Crippen molar-refractivity contribution in [3.05, 3.63) is 35.9 Å². The van der Waals surface area contributed by atoms with E-state index in [4.69, 9.17) is 21.1 Å². The van der Waals surface area contributed by atoms with Crippen LogP contribution in [0.2, 0.25) is 0 Å². The van der Waals surface area contributed by atoms with Crippen LogP contribution in [0, 0.1) is 0 Å². The van der Waals surface area contributed by atoms with E-state index in [0.717, 1.165) is 5.56 Å². The summed E-state index contributed by atoms with van der Waals surface area (Å²) in [6.45, 7) is 0. The first-order valence-electron chi connectivity index (χ1n) is 9.16. The molecular formula is C19H25N3O8. The molecule has 2 amide bonds. The quantitative estimate of drug-likeness (QED) is 0.238. The molecule has 0 bridgehead atoms. The van der Waals surface area contributed by atoms with Gasteiger partial charge in [0.15, 0.2) is 0 Å². The molecule has 0 saturated carbocycles. The molecule has 0 radical (unpaired) electrons. The minimum atomic E-state index is -1.50. The summed E-state index contributed by atoms with van der Waals surface area (Å²) in [4.78, 5) is 57.6. The summed E-state index contributed by atoms with van der Waals surface area (Å²) >= 11 is 0. The molecule has 30 heavy (non-hydrogen) atoms. The fourth-order valence-electron chi connectivity index (χ4n) is 2.57. The van der Waals surface area contributed by atoms with E-state index in [9.17, 15) is 24.0 Å². The highest BCUT2D eigenvalue weighted by Gasteiger charge is 2.28. The van der Waals surface area contributed by atoms with Crippen molar-refractivity contribution in [3.63, 3.8) is 0 Å². The van der Waals surface area contributed by atoms with Crippen LogP contribution in [-0.4, -0.2) is 63.2 Å². The first kappa shape index (κ1) is 24.6. The molecule has 0 spiro atoms. The lowest BCUT2D eigenvalue weighted by Gasteiger charge is -2.22. The zero-order valence-electron chi connectivity index (χ0n) is 16.1. The zero-order chi connectivity index (χ0) is 22.7. The van der Waals surface area contributed by atoms with E-state index in [1.807, 2.05) is 0 Å². The summed E-state index contributed by atoms with van der Waals surface area (Å²) in [5.74, 6) is -5.54. The standard InChI is InChI=1S/C19H25N3O8/c20-12(10-11-4-2-1-3-5-11)17(27)21-13(6-8-15(23)24)18(28)22-14(19(29)30)7-9-16(25)26/h1-5,12-14H,6-10,20H2,(H,21,27)(H,22,28)(H,23,24)(H,25,26)(H,29,30)/t12-,13+,14-/m0/s1. The van der Waals surface area contributed by atoms with E-state index in [-0.39, 0.29) is 19.3 Å². The maximum Gasteiger partial charge on any atom is 0.326 e. The number of aliphatic carboxylic acids is 3. The van der Waals surface area contributed by atoms with Crippen molar-refractivity contribution < 1.29 is 39.3 Å². The lowest BCUT2D eigenvalue weighted by molar-refractivity contribution is -0.144. The maximum atomic E-state index is 12.5. The van der Waals surface area contributed by atoms with Gasteiger partial charge in [0.1, 0.15) is 12.1 Å². The summed E-state index contributed by atoms with van der Waals surface area (Å²) in [6.07, 6.45) is -1.44. The topological polar surface area (TPSA) is 196 Å². The van der Waals surface area contributed by atoms with Gasteiger partial charge in [-0.2, -0.15) is 0 Å². The largest absolute Gasteiger partial charge is 0.481 e. The predicted octanol–water partition coefficient (Wildman–Crippen LogP) is -0.660. The Morgan fingerprint density at radius 1 is 0.800 bits per heavy atom. The number of nitrogens with two attached hydrogens (primary N) is 1. The number of nitrogens with one attached hydrogen (secondary N) is 2. The minimum absolute atomic E-state index is 0.177. The second-order valence-electron chi connectivity index (χ2n) is 6.62. The minimum Gasteiger partial charge on any atom is -0.481 e. The number of benzene rings is 1. The van der Waals surface area contributed by atoms with Crippen LogP contribution in [0.3, 0.4) is 0 Å². The Balaban J connectivity index is 2.81. The highest BCUT2D eigenvalue weighted by molar-refractivity contribution is 5.92. The van der Waals surface area contributed by atoms with Gasteiger partial charge in [0, 0.05) is 12.8 Å². The van der Waals surface area contributed by atoms with Crippen LogP contribution < -0.4 is 16.4 Å². The fourth-order valence-corrected chi connectivity index (χ4v) is 2.57. The van der Waals surface area contributed by atoms with Crippen molar-refractivity contribution in [1.29, 1.82) is 0 Å². The Hall–Kier alpha value is -3.47. The van der Waals surface area contributed by atoms with E-state index in [0.29, 0.717) is 0 Å². The number of carbonyl (C=O) groups excluding carboxylic acids is 2. The Morgan fingerprint density at radius 2 is 1.30 bits per heavy atom. The molecule has 7 N–H and O–H groups in total. The van der Waals surface area contributed by atoms with Gasteiger partial charge in [-0.1, -0.05) is 30.3 Å². The zero-order valence-corrected chi connectivity index (χ0v) is 16.1. The molecule has 11 heteroatoms. The molecule has 0 aliphatic carbocycles. The second-order valence-corrected chi connectivity index (χ2v) is 6.62. The molecule has 1 aromatic rings. The van der Waals surface area contributed by atoms with Gasteiger partial charge in [0.25, 0.3) is 0 Å². The monoisotopic (exact) mass is 423 g/mol. The van der Waals surface area contributed by atoms with E-state index in [1.165, 1.54) is 0 Å². The SMILES string of the molecule is N[C@@H](Cc1ccccc1)C(=O)N[C@H](CCC(=O)O)C(=O)N[C@@H](CCC(=O)O)C(=O)O. The number of carboxylic acids is 3. The van der Waals surface area contributed by atoms with Gasteiger partial charge in [-0.05, 0) is 24.8 Å². The molecule has 1 rings (SSSR count). The van der Waals surface area contributed by atoms with Crippen LogP contribution >= 0.6 is 0 Å². The third kappa shape index (κ3) is 9.15. The Morgan fingerprint density at radius 3 is 1.80 bits per heavy atom. The number of carbonyl (C=O) groups is 5. The molecule has 0 unspecified atom stereocenters. The average molecular weight is 423 g/mol. The Kier molecular flexibility index (Phi) is 9.97. The van der Waals surface area contributed by atoms with Crippen LogP contribution in [0.25, 0.3) is 0 Å². The molecule has 0 saturated heterocycles. The second kappa shape index (κ2) is 12.2. The van der Waals surface area contributed by atoms with Gasteiger partial charge in [-0.15, -0.1) is 0 Å².